The third-order valence-electron chi connectivity index (χ3n) is 2.94. The van der Waals surface area contributed by atoms with Crippen LogP contribution in [-0.2, 0) is 6.54 Å². The molecule has 0 radical (unpaired) electrons. The van der Waals surface area contributed by atoms with Gasteiger partial charge in [0.25, 0.3) is 5.91 Å². The first-order valence-corrected chi connectivity index (χ1v) is 6.92. The second-order valence-electron chi connectivity index (χ2n) is 4.41. The number of carbonyl (C=O) groups excluding carboxylic acids is 1. The van der Waals surface area contributed by atoms with Crippen LogP contribution < -0.4 is 5.32 Å². The minimum Gasteiger partial charge on any atom is -0.342 e. The summed E-state index contributed by atoms with van der Waals surface area (Å²) in [4.78, 5) is 12.2. The van der Waals surface area contributed by atoms with Gasteiger partial charge in [0.15, 0.2) is 0 Å². The highest BCUT2D eigenvalue weighted by molar-refractivity contribution is 9.10. The lowest BCUT2D eigenvalue weighted by Crippen LogP contribution is -2.16. The van der Waals surface area contributed by atoms with Crippen LogP contribution in [0.1, 0.15) is 35.1 Å². The Morgan fingerprint density at radius 1 is 1.53 bits per heavy atom. The first-order chi connectivity index (χ1) is 9.02. The minimum absolute atomic E-state index is 0.196. The fourth-order valence-electron chi connectivity index (χ4n) is 1.79. The SMILES string of the molecule is CCCn1cc(Br)cc1C(=O)Nc1onc(C)c1C. The summed E-state index contributed by atoms with van der Waals surface area (Å²) >= 11 is 3.39. The van der Waals surface area contributed by atoms with E-state index in [1.54, 1.807) is 6.07 Å². The van der Waals surface area contributed by atoms with Crippen LogP contribution in [0.15, 0.2) is 21.3 Å². The van der Waals surface area contributed by atoms with Crippen molar-refractivity contribution in [3.05, 3.63) is 33.7 Å². The summed E-state index contributed by atoms with van der Waals surface area (Å²) in [6.07, 6.45) is 2.86. The number of hydrogen-bond acceptors (Lipinski definition) is 3. The van der Waals surface area contributed by atoms with Crippen LogP contribution in [0.3, 0.4) is 0 Å². The van der Waals surface area contributed by atoms with Gasteiger partial charge >= 0.3 is 0 Å². The van der Waals surface area contributed by atoms with Crippen molar-refractivity contribution in [1.29, 1.82) is 0 Å². The van der Waals surface area contributed by atoms with Crippen molar-refractivity contribution in [2.24, 2.45) is 0 Å². The number of carbonyl (C=O) groups is 1. The van der Waals surface area contributed by atoms with Gasteiger partial charge in [-0.25, -0.2) is 0 Å². The predicted octanol–water partition coefficient (Wildman–Crippen LogP) is 3.52. The largest absolute Gasteiger partial charge is 0.342 e. The van der Waals surface area contributed by atoms with E-state index >= 15 is 0 Å². The van der Waals surface area contributed by atoms with E-state index in [-0.39, 0.29) is 5.91 Å². The molecule has 0 aliphatic rings. The summed E-state index contributed by atoms with van der Waals surface area (Å²) in [5.74, 6) is 0.210. The van der Waals surface area contributed by atoms with Crippen molar-refractivity contribution >= 4 is 27.7 Å². The van der Waals surface area contributed by atoms with Gasteiger partial charge in [-0.05, 0) is 42.3 Å². The van der Waals surface area contributed by atoms with Crippen molar-refractivity contribution in [2.75, 3.05) is 5.32 Å². The van der Waals surface area contributed by atoms with Crippen LogP contribution in [0.5, 0.6) is 0 Å². The molecule has 19 heavy (non-hydrogen) atoms. The zero-order valence-electron chi connectivity index (χ0n) is 11.2. The number of nitrogens with zero attached hydrogens (tertiary/aromatic N) is 2. The quantitative estimate of drug-likeness (QED) is 0.935. The molecule has 0 unspecified atom stereocenters. The molecule has 102 valence electrons. The number of hydrogen-bond donors (Lipinski definition) is 1. The maximum atomic E-state index is 12.2. The molecule has 1 N–H and O–H groups in total. The number of halogens is 1. The summed E-state index contributed by atoms with van der Waals surface area (Å²) in [5.41, 5.74) is 2.23. The molecular formula is C13H16BrN3O2. The Kier molecular flexibility index (Phi) is 4.09. The highest BCUT2D eigenvalue weighted by Crippen LogP contribution is 2.20. The topological polar surface area (TPSA) is 60.1 Å². The molecule has 2 heterocycles. The Labute approximate surface area is 120 Å². The van der Waals surface area contributed by atoms with Crippen LogP contribution >= 0.6 is 15.9 Å². The molecule has 0 saturated carbocycles. The average Bonchev–Trinajstić information content (AvgIpc) is 2.87. The highest BCUT2D eigenvalue weighted by Gasteiger charge is 2.16. The van der Waals surface area contributed by atoms with E-state index in [1.807, 2.05) is 24.6 Å². The Bertz CT molecular complexity index is 601. The summed E-state index contributed by atoms with van der Waals surface area (Å²) in [5, 5.41) is 6.57. The van der Waals surface area contributed by atoms with Gasteiger partial charge in [0, 0.05) is 22.8 Å². The van der Waals surface area contributed by atoms with Crippen molar-refractivity contribution < 1.29 is 9.32 Å². The first-order valence-electron chi connectivity index (χ1n) is 6.12. The standard InChI is InChI=1S/C13H16BrN3O2/c1-4-5-17-7-10(14)6-11(17)12(18)15-13-8(2)9(3)16-19-13/h6-7H,4-5H2,1-3H3,(H,15,18). The van der Waals surface area contributed by atoms with Gasteiger partial charge in [-0.1, -0.05) is 12.1 Å². The van der Waals surface area contributed by atoms with E-state index in [0.717, 1.165) is 28.7 Å². The Hall–Kier alpha value is -1.56. The molecule has 0 fully saturated rings. The summed E-state index contributed by atoms with van der Waals surface area (Å²) in [6, 6.07) is 1.80. The molecule has 0 bridgehead atoms. The van der Waals surface area contributed by atoms with E-state index in [0.29, 0.717) is 11.6 Å². The average molecular weight is 326 g/mol. The van der Waals surface area contributed by atoms with Gasteiger partial charge in [-0.2, -0.15) is 0 Å². The van der Waals surface area contributed by atoms with Crippen molar-refractivity contribution in [3.63, 3.8) is 0 Å². The first kappa shape index (κ1) is 13.9. The van der Waals surface area contributed by atoms with Crippen LogP contribution in [-0.4, -0.2) is 15.6 Å². The van der Waals surface area contributed by atoms with Crippen LogP contribution in [0, 0.1) is 13.8 Å². The number of aryl methyl sites for hydroxylation is 2. The lowest BCUT2D eigenvalue weighted by atomic mass is 10.3. The molecule has 5 nitrogen and oxygen atoms in total. The van der Waals surface area contributed by atoms with Gasteiger partial charge in [0.1, 0.15) is 5.69 Å². The van der Waals surface area contributed by atoms with Crippen LogP contribution in [0.4, 0.5) is 5.88 Å². The molecule has 0 aliphatic carbocycles. The smallest absolute Gasteiger partial charge is 0.274 e. The molecule has 6 heteroatoms. The monoisotopic (exact) mass is 325 g/mol. The van der Waals surface area contributed by atoms with Crippen molar-refractivity contribution in [1.82, 2.24) is 9.72 Å². The van der Waals surface area contributed by atoms with Crippen LogP contribution in [0.2, 0.25) is 0 Å². The molecule has 0 spiro atoms. The maximum absolute atomic E-state index is 12.2. The summed E-state index contributed by atoms with van der Waals surface area (Å²) < 4.78 is 7.89. The van der Waals surface area contributed by atoms with E-state index in [2.05, 4.69) is 33.3 Å². The molecule has 0 saturated heterocycles. The third kappa shape index (κ3) is 2.89. The van der Waals surface area contributed by atoms with Crippen LogP contribution in [0.25, 0.3) is 0 Å². The lowest BCUT2D eigenvalue weighted by Gasteiger charge is -2.07. The molecule has 2 rings (SSSR count). The van der Waals surface area contributed by atoms with Crippen molar-refractivity contribution in [3.8, 4) is 0 Å². The van der Waals surface area contributed by atoms with E-state index in [4.69, 9.17) is 4.52 Å². The molecule has 0 aliphatic heterocycles. The van der Waals surface area contributed by atoms with E-state index in [9.17, 15) is 4.79 Å². The number of anilines is 1. The Morgan fingerprint density at radius 2 is 2.26 bits per heavy atom. The molecule has 2 aromatic rings. The van der Waals surface area contributed by atoms with Gasteiger partial charge in [0.2, 0.25) is 5.88 Å². The molecule has 0 aromatic carbocycles. The number of amides is 1. The maximum Gasteiger partial charge on any atom is 0.274 e. The number of rotatable bonds is 4. The fraction of sp³-hybridized carbons (Fsp3) is 0.385. The minimum atomic E-state index is -0.196. The summed E-state index contributed by atoms with van der Waals surface area (Å²) in [7, 11) is 0. The van der Waals surface area contributed by atoms with Gasteiger partial charge in [0.05, 0.1) is 5.69 Å². The molecular weight excluding hydrogens is 310 g/mol. The number of aromatic nitrogens is 2. The Morgan fingerprint density at radius 3 is 2.84 bits per heavy atom. The second kappa shape index (κ2) is 5.61. The zero-order valence-corrected chi connectivity index (χ0v) is 12.7. The molecule has 0 atom stereocenters. The third-order valence-corrected chi connectivity index (χ3v) is 3.38. The zero-order chi connectivity index (χ0) is 14.0. The second-order valence-corrected chi connectivity index (χ2v) is 5.33. The van der Waals surface area contributed by atoms with Gasteiger partial charge in [-0.15, -0.1) is 0 Å². The molecule has 1 amide bonds. The Balaban J connectivity index is 2.22. The van der Waals surface area contributed by atoms with E-state index < -0.39 is 0 Å². The highest BCUT2D eigenvalue weighted by atomic mass is 79.9. The van der Waals surface area contributed by atoms with Gasteiger partial charge in [-0.3, -0.25) is 10.1 Å². The summed E-state index contributed by atoms with van der Waals surface area (Å²) in [6.45, 7) is 6.57. The van der Waals surface area contributed by atoms with Crippen molar-refractivity contribution in [2.45, 2.75) is 33.7 Å². The van der Waals surface area contributed by atoms with E-state index in [1.165, 1.54) is 0 Å². The molecule has 2 aromatic heterocycles. The predicted molar refractivity (Wildman–Crippen MR) is 76.4 cm³/mol. The number of nitrogens with one attached hydrogen (secondary N) is 1. The lowest BCUT2D eigenvalue weighted by molar-refractivity contribution is 0.101. The normalized spacial score (nSPS) is 10.7. The fourth-order valence-corrected chi connectivity index (χ4v) is 2.25. The van der Waals surface area contributed by atoms with Gasteiger partial charge < -0.3 is 9.09 Å².